The number of thiophene rings is 1. The van der Waals surface area contributed by atoms with E-state index >= 15 is 0 Å². The van der Waals surface area contributed by atoms with Crippen molar-refractivity contribution in [1.82, 2.24) is 0 Å². The Morgan fingerprint density at radius 2 is 2.17 bits per heavy atom. The summed E-state index contributed by atoms with van der Waals surface area (Å²) < 4.78 is 10.9. The normalized spacial score (nSPS) is 12.2. The van der Waals surface area contributed by atoms with Gasteiger partial charge in [-0.1, -0.05) is 0 Å². The van der Waals surface area contributed by atoms with Crippen LogP contribution in [0.4, 0.5) is 0 Å². The molecular formula is C14H16O3S. The van der Waals surface area contributed by atoms with E-state index in [-0.39, 0.29) is 0 Å². The first kappa shape index (κ1) is 12.9. The molecule has 1 aromatic heterocycles. The van der Waals surface area contributed by atoms with Crippen molar-refractivity contribution in [3.8, 4) is 11.5 Å². The van der Waals surface area contributed by atoms with Gasteiger partial charge < -0.3 is 14.6 Å². The van der Waals surface area contributed by atoms with Gasteiger partial charge in [-0.15, -0.1) is 0 Å². The summed E-state index contributed by atoms with van der Waals surface area (Å²) >= 11 is 1.64. The quantitative estimate of drug-likeness (QED) is 0.899. The van der Waals surface area contributed by atoms with Gasteiger partial charge in [0.25, 0.3) is 0 Å². The van der Waals surface area contributed by atoms with Gasteiger partial charge in [-0.2, -0.15) is 11.3 Å². The third-order valence-electron chi connectivity index (χ3n) is 2.65. The Morgan fingerprint density at radius 3 is 2.78 bits per heavy atom. The SMILES string of the molecule is COc1ccc(C(C)O)c(OCc2ccsc2)c1. The van der Waals surface area contributed by atoms with Crippen molar-refractivity contribution in [2.45, 2.75) is 19.6 Å². The smallest absolute Gasteiger partial charge is 0.129 e. The molecule has 0 saturated carbocycles. The maximum atomic E-state index is 9.71. The fraction of sp³-hybridized carbons (Fsp3) is 0.286. The fourth-order valence-electron chi connectivity index (χ4n) is 1.65. The standard InChI is InChI=1S/C14H16O3S/c1-10(15)13-4-3-12(16-2)7-14(13)17-8-11-5-6-18-9-11/h3-7,9-10,15H,8H2,1-2H3. The molecule has 0 bridgehead atoms. The Morgan fingerprint density at radius 1 is 1.33 bits per heavy atom. The third-order valence-corrected chi connectivity index (χ3v) is 3.38. The van der Waals surface area contributed by atoms with Crippen molar-refractivity contribution in [2.24, 2.45) is 0 Å². The van der Waals surface area contributed by atoms with Crippen LogP contribution in [0.15, 0.2) is 35.0 Å². The van der Waals surface area contributed by atoms with Crippen LogP contribution in [-0.2, 0) is 6.61 Å². The molecule has 18 heavy (non-hydrogen) atoms. The van der Waals surface area contributed by atoms with Crippen LogP contribution in [0.2, 0.25) is 0 Å². The molecule has 0 aliphatic heterocycles. The zero-order valence-electron chi connectivity index (χ0n) is 10.4. The Hall–Kier alpha value is -1.52. The predicted molar refractivity (Wildman–Crippen MR) is 72.3 cm³/mol. The highest BCUT2D eigenvalue weighted by Gasteiger charge is 2.10. The minimum atomic E-state index is -0.562. The number of hydrogen-bond acceptors (Lipinski definition) is 4. The largest absolute Gasteiger partial charge is 0.497 e. The summed E-state index contributed by atoms with van der Waals surface area (Å²) in [5, 5.41) is 13.8. The van der Waals surface area contributed by atoms with Gasteiger partial charge in [0.05, 0.1) is 13.2 Å². The molecule has 0 aliphatic rings. The summed E-state index contributed by atoms with van der Waals surface area (Å²) in [6, 6.07) is 7.47. The lowest BCUT2D eigenvalue weighted by molar-refractivity contribution is 0.190. The molecule has 2 rings (SSSR count). The van der Waals surface area contributed by atoms with E-state index in [2.05, 4.69) is 0 Å². The molecule has 0 radical (unpaired) electrons. The van der Waals surface area contributed by atoms with Gasteiger partial charge in [0.1, 0.15) is 18.1 Å². The van der Waals surface area contributed by atoms with E-state index in [1.807, 2.05) is 29.0 Å². The van der Waals surface area contributed by atoms with Gasteiger partial charge in [-0.05, 0) is 41.4 Å². The van der Waals surface area contributed by atoms with Crippen molar-refractivity contribution in [1.29, 1.82) is 0 Å². The number of rotatable bonds is 5. The second-order valence-electron chi connectivity index (χ2n) is 4.00. The van der Waals surface area contributed by atoms with E-state index in [1.54, 1.807) is 31.4 Å². The van der Waals surface area contributed by atoms with Crippen LogP contribution in [0.5, 0.6) is 11.5 Å². The van der Waals surface area contributed by atoms with Gasteiger partial charge in [-0.3, -0.25) is 0 Å². The number of ether oxygens (including phenoxy) is 2. The molecule has 0 aliphatic carbocycles. The molecule has 0 spiro atoms. The van der Waals surface area contributed by atoms with Gasteiger partial charge in [-0.25, -0.2) is 0 Å². The van der Waals surface area contributed by atoms with Gasteiger partial charge >= 0.3 is 0 Å². The van der Waals surface area contributed by atoms with Crippen LogP contribution in [-0.4, -0.2) is 12.2 Å². The van der Waals surface area contributed by atoms with Crippen LogP contribution < -0.4 is 9.47 Å². The molecule has 4 heteroatoms. The molecule has 1 heterocycles. The topological polar surface area (TPSA) is 38.7 Å². The third kappa shape index (κ3) is 3.03. The Bertz CT molecular complexity index is 492. The molecule has 1 unspecified atom stereocenters. The summed E-state index contributed by atoms with van der Waals surface area (Å²) in [5.74, 6) is 1.38. The Labute approximate surface area is 111 Å². The van der Waals surface area contributed by atoms with E-state index in [0.29, 0.717) is 12.4 Å². The highest BCUT2D eigenvalue weighted by atomic mass is 32.1. The first-order chi connectivity index (χ1) is 8.70. The second-order valence-corrected chi connectivity index (χ2v) is 4.78. The average molecular weight is 264 g/mol. The van der Waals surface area contributed by atoms with Crippen LogP contribution in [0.25, 0.3) is 0 Å². The van der Waals surface area contributed by atoms with Crippen LogP contribution >= 0.6 is 11.3 Å². The summed E-state index contributed by atoms with van der Waals surface area (Å²) in [4.78, 5) is 0. The van der Waals surface area contributed by atoms with E-state index in [1.165, 1.54) is 0 Å². The maximum absolute atomic E-state index is 9.71. The van der Waals surface area contributed by atoms with Crippen molar-refractivity contribution < 1.29 is 14.6 Å². The van der Waals surface area contributed by atoms with E-state index in [9.17, 15) is 5.11 Å². The summed E-state index contributed by atoms with van der Waals surface area (Å²) in [6.45, 7) is 2.22. The van der Waals surface area contributed by atoms with Gasteiger partial charge in [0.15, 0.2) is 0 Å². The lowest BCUT2D eigenvalue weighted by Gasteiger charge is -2.14. The number of hydrogen-bond donors (Lipinski definition) is 1. The maximum Gasteiger partial charge on any atom is 0.129 e. The van der Waals surface area contributed by atoms with Crippen molar-refractivity contribution in [2.75, 3.05) is 7.11 Å². The summed E-state index contributed by atoms with van der Waals surface area (Å²) in [5.41, 5.74) is 1.89. The first-order valence-electron chi connectivity index (χ1n) is 5.70. The van der Waals surface area contributed by atoms with Gasteiger partial charge in [0.2, 0.25) is 0 Å². The number of aliphatic hydroxyl groups excluding tert-OH is 1. The van der Waals surface area contributed by atoms with E-state index in [4.69, 9.17) is 9.47 Å². The number of aliphatic hydroxyl groups is 1. The fourth-order valence-corrected chi connectivity index (χ4v) is 2.30. The summed E-state index contributed by atoms with van der Waals surface area (Å²) in [7, 11) is 1.61. The molecule has 1 aromatic carbocycles. The summed E-state index contributed by atoms with van der Waals surface area (Å²) in [6.07, 6.45) is -0.562. The molecule has 3 nitrogen and oxygen atoms in total. The molecule has 0 amide bonds. The zero-order valence-corrected chi connectivity index (χ0v) is 11.2. The Kier molecular flexibility index (Phi) is 4.23. The van der Waals surface area contributed by atoms with Gasteiger partial charge in [0, 0.05) is 11.6 Å². The van der Waals surface area contributed by atoms with E-state index < -0.39 is 6.10 Å². The molecule has 0 saturated heterocycles. The molecule has 2 aromatic rings. The molecular weight excluding hydrogens is 248 g/mol. The molecule has 1 atom stereocenters. The molecule has 96 valence electrons. The van der Waals surface area contributed by atoms with Crippen LogP contribution in [0.1, 0.15) is 24.2 Å². The lowest BCUT2D eigenvalue weighted by Crippen LogP contribution is -2.01. The van der Waals surface area contributed by atoms with Crippen molar-refractivity contribution >= 4 is 11.3 Å². The monoisotopic (exact) mass is 264 g/mol. The number of benzene rings is 1. The highest BCUT2D eigenvalue weighted by Crippen LogP contribution is 2.30. The minimum Gasteiger partial charge on any atom is -0.497 e. The predicted octanol–water partition coefficient (Wildman–Crippen LogP) is 3.39. The number of methoxy groups -OCH3 is 1. The van der Waals surface area contributed by atoms with Crippen LogP contribution in [0, 0.1) is 0 Å². The van der Waals surface area contributed by atoms with E-state index in [0.717, 1.165) is 16.9 Å². The van der Waals surface area contributed by atoms with Crippen molar-refractivity contribution in [3.05, 3.63) is 46.2 Å². The molecule has 0 fully saturated rings. The first-order valence-corrected chi connectivity index (χ1v) is 6.65. The van der Waals surface area contributed by atoms with Crippen LogP contribution in [0.3, 0.4) is 0 Å². The minimum absolute atomic E-state index is 0.496. The van der Waals surface area contributed by atoms with Crippen molar-refractivity contribution in [3.63, 3.8) is 0 Å². The lowest BCUT2D eigenvalue weighted by atomic mass is 10.1. The molecule has 1 N–H and O–H groups in total. The average Bonchev–Trinajstić information content (AvgIpc) is 2.88. The highest BCUT2D eigenvalue weighted by molar-refractivity contribution is 7.07. The zero-order chi connectivity index (χ0) is 13.0. The second kappa shape index (κ2) is 5.89. The Balaban J connectivity index is 2.18.